The fraction of sp³-hybridized carbons (Fsp3) is 0.238. The maximum absolute atomic E-state index is 12.2. The van der Waals surface area contributed by atoms with E-state index in [-0.39, 0.29) is 11.8 Å². The van der Waals surface area contributed by atoms with Crippen LogP contribution < -0.4 is 15.4 Å². The summed E-state index contributed by atoms with van der Waals surface area (Å²) in [7, 11) is 0. The van der Waals surface area contributed by atoms with Crippen LogP contribution in [-0.4, -0.2) is 24.5 Å². The molecule has 1 atom stereocenters. The van der Waals surface area contributed by atoms with Gasteiger partial charge < -0.3 is 15.4 Å². The third-order valence-electron chi connectivity index (χ3n) is 3.65. The summed E-state index contributed by atoms with van der Waals surface area (Å²) in [5, 5.41) is 5.47. The van der Waals surface area contributed by atoms with Gasteiger partial charge in [0.2, 0.25) is 11.8 Å². The summed E-state index contributed by atoms with van der Waals surface area (Å²) < 4.78 is 5.44. The maximum atomic E-state index is 12.2. The molecule has 0 heterocycles. The highest BCUT2D eigenvalue weighted by Crippen LogP contribution is 2.13. The lowest BCUT2D eigenvalue weighted by Gasteiger charge is -2.13. The molecule has 0 fully saturated rings. The molecule has 136 valence electrons. The fourth-order valence-corrected chi connectivity index (χ4v) is 2.32. The zero-order valence-corrected chi connectivity index (χ0v) is 15.1. The van der Waals surface area contributed by atoms with Gasteiger partial charge in [0.1, 0.15) is 11.8 Å². The van der Waals surface area contributed by atoms with Crippen molar-refractivity contribution in [2.75, 3.05) is 6.61 Å². The van der Waals surface area contributed by atoms with E-state index in [0.717, 1.165) is 16.9 Å². The summed E-state index contributed by atoms with van der Waals surface area (Å²) >= 11 is 0. The first-order valence-electron chi connectivity index (χ1n) is 8.61. The third-order valence-corrected chi connectivity index (χ3v) is 3.65. The number of benzene rings is 2. The first-order valence-corrected chi connectivity index (χ1v) is 8.61. The number of nitrogens with one attached hydrogen (secondary N) is 2. The molecule has 0 saturated carbocycles. The SMILES string of the molecule is CCOc1cccc(CNC(=O)C(C)NC(=O)/C=C/c2ccccc2)c1. The second-order valence-corrected chi connectivity index (χ2v) is 5.77. The van der Waals surface area contributed by atoms with Crippen molar-refractivity contribution in [3.05, 3.63) is 71.8 Å². The molecule has 0 aliphatic rings. The van der Waals surface area contributed by atoms with E-state index >= 15 is 0 Å². The summed E-state index contributed by atoms with van der Waals surface area (Å²) in [6, 6.07) is 16.4. The molecule has 0 spiro atoms. The smallest absolute Gasteiger partial charge is 0.244 e. The number of rotatable bonds is 8. The molecule has 2 amide bonds. The second kappa shape index (κ2) is 10.0. The molecule has 0 radical (unpaired) electrons. The van der Waals surface area contributed by atoms with Gasteiger partial charge >= 0.3 is 0 Å². The quantitative estimate of drug-likeness (QED) is 0.718. The Balaban J connectivity index is 1.80. The summed E-state index contributed by atoms with van der Waals surface area (Å²) in [4.78, 5) is 24.1. The van der Waals surface area contributed by atoms with Crippen LogP contribution in [0.3, 0.4) is 0 Å². The van der Waals surface area contributed by atoms with Crippen LogP contribution in [0.2, 0.25) is 0 Å². The normalized spacial score (nSPS) is 11.8. The van der Waals surface area contributed by atoms with Gasteiger partial charge in [-0.3, -0.25) is 9.59 Å². The number of hydrogen-bond donors (Lipinski definition) is 2. The van der Waals surface area contributed by atoms with Gasteiger partial charge in [0.05, 0.1) is 6.61 Å². The Morgan fingerprint density at radius 3 is 2.62 bits per heavy atom. The van der Waals surface area contributed by atoms with E-state index < -0.39 is 6.04 Å². The van der Waals surface area contributed by atoms with Crippen molar-refractivity contribution < 1.29 is 14.3 Å². The Morgan fingerprint density at radius 2 is 1.88 bits per heavy atom. The number of carbonyl (C=O) groups excluding carboxylic acids is 2. The Labute approximate surface area is 154 Å². The highest BCUT2D eigenvalue weighted by molar-refractivity contribution is 5.95. The fourth-order valence-electron chi connectivity index (χ4n) is 2.32. The van der Waals surface area contributed by atoms with Gasteiger partial charge in [-0.15, -0.1) is 0 Å². The number of carbonyl (C=O) groups is 2. The van der Waals surface area contributed by atoms with Crippen molar-refractivity contribution in [3.63, 3.8) is 0 Å². The van der Waals surface area contributed by atoms with Gasteiger partial charge in [0.15, 0.2) is 0 Å². The molecule has 26 heavy (non-hydrogen) atoms. The zero-order chi connectivity index (χ0) is 18.8. The van der Waals surface area contributed by atoms with Crippen LogP contribution in [0.4, 0.5) is 0 Å². The Bertz CT molecular complexity index is 757. The lowest BCUT2D eigenvalue weighted by molar-refractivity contribution is -0.126. The van der Waals surface area contributed by atoms with E-state index in [9.17, 15) is 9.59 Å². The Hall–Kier alpha value is -3.08. The lowest BCUT2D eigenvalue weighted by Crippen LogP contribution is -2.44. The lowest BCUT2D eigenvalue weighted by atomic mass is 10.2. The van der Waals surface area contributed by atoms with E-state index in [1.54, 1.807) is 13.0 Å². The van der Waals surface area contributed by atoms with Crippen LogP contribution in [0.15, 0.2) is 60.7 Å². The van der Waals surface area contributed by atoms with Crippen molar-refractivity contribution in [2.24, 2.45) is 0 Å². The first-order chi connectivity index (χ1) is 12.6. The van der Waals surface area contributed by atoms with E-state index in [1.807, 2.05) is 61.5 Å². The van der Waals surface area contributed by atoms with Crippen molar-refractivity contribution in [2.45, 2.75) is 26.4 Å². The first kappa shape index (κ1) is 19.2. The molecule has 2 aromatic carbocycles. The van der Waals surface area contributed by atoms with Crippen LogP contribution in [-0.2, 0) is 16.1 Å². The molecule has 0 aromatic heterocycles. The van der Waals surface area contributed by atoms with Crippen molar-refractivity contribution >= 4 is 17.9 Å². The minimum absolute atomic E-state index is 0.242. The molecule has 0 aliphatic carbocycles. The van der Waals surface area contributed by atoms with E-state index in [2.05, 4.69) is 10.6 Å². The van der Waals surface area contributed by atoms with E-state index in [0.29, 0.717) is 13.2 Å². The van der Waals surface area contributed by atoms with E-state index in [4.69, 9.17) is 4.74 Å². The van der Waals surface area contributed by atoms with Gasteiger partial charge in [-0.05, 0) is 43.2 Å². The summed E-state index contributed by atoms with van der Waals surface area (Å²) in [5.74, 6) is 0.217. The molecule has 2 aromatic rings. The minimum atomic E-state index is -0.627. The third kappa shape index (κ3) is 6.43. The number of hydrogen-bond acceptors (Lipinski definition) is 3. The van der Waals surface area contributed by atoms with Gasteiger partial charge in [0.25, 0.3) is 0 Å². The molecular weight excluding hydrogens is 328 g/mol. The van der Waals surface area contributed by atoms with Crippen LogP contribution in [0.1, 0.15) is 25.0 Å². The van der Waals surface area contributed by atoms with Crippen LogP contribution >= 0.6 is 0 Å². The van der Waals surface area contributed by atoms with Crippen molar-refractivity contribution in [1.29, 1.82) is 0 Å². The zero-order valence-electron chi connectivity index (χ0n) is 15.1. The molecule has 0 aliphatic heterocycles. The highest BCUT2D eigenvalue weighted by Gasteiger charge is 2.13. The van der Waals surface area contributed by atoms with Crippen LogP contribution in [0.5, 0.6) is 5.75 Å². The summed E-state index contributed by atoms with van der Waals surface area (Å²) in [5.41, 5.74) is 1.86. The Kier molecular flexibility index (Phi) is 7.43. The molecule has 1 unspecified atom stereocenters. The topological polar surface area (TPSA) is 67.4 Å². The molecule has 5 heteroatoms. The average Bonchev–Trinajstić information content (AvgIpc) is 2.66. The van der Waals surface area contributed by atoms with Crippen molar-refractivity contribution in [1.82, 2.24) is 10.6 Å². The number of amides is 2. The molecular formula is C21H24N2O3. The molecule has 0 bridgehead atoms. The predicted molar refractivity (Wildman–Crippen MR) is 103 cm³/mol. The average molecular weight is 352 g/mol. The molecule has 2 rings (SSSR count). The Morgan fingerprint density at radius 1 is 1.12 bits per heavy atom. The second-order valence-electron chi connectivity index (χ2n) is 5.77. The summed E-state index contributed by atoms with van der Waals surface area (Å²) in [6.07, 6.45) is 3.13. The number of ether oxygens (including phenoxy) is 1. The van der Waals surface area contributed by atoms with Crippen LogP contribution in [0.25, 0.3) is 6.08 Å². The van der Waals surface area contributed by atoms with E-state index in [1.165, 1.54) is 6.08 Å². The predicted octanol–water partition coefficient (Wildman–Crippen LogP) is 2.92. The van der Waals surface area contributed by atoms with Gasteiger partial charge in [-0.25, -0.2) is 0 Å². The van der Waals surface area contributed by atoms with Gasteiger partial charge in [-0.2, -0.15) is 0 Å². The molecule has 2 N–H and O–H groups in total. The monoisotopic (exact) mass is 352 g/mol. The molecule has 5 nitrogen and oxygen atoms in total. The molecule has 0 saturated heterocycles. The standard InChI is InChI=1S/C21H24N2O3/c1-3-26-19-11-7-10-18(14-19)15-22-21(25)16(2)23-20(24)13-12-17-8-5-4-6-9-17/h4-14,16H,3,15H2,1-2H3,(H,22,25)(H,23,24)/b13-12+. The highest BCUT2D eigenvalue weighted by atomic mass is 16.5. The maximum Gasteiger partial charge on any atom is 0.244 e. The largest absolute Gasteiger partial charge is 0.494 e. The van der Waals surface area contributed by atoms with Crippen molar-refractivity contribution in [3.8, 4) is 5.75 Å². The van der Waals surface area contributed by atoms with Crippen LogP contribution in [0, 0.1) is 0 Å². The summed E-state index contributed by atoms with van der Waals surface area (Å²) in [6.45, 7) is 4.54. The van der Waals surface area contributed by atoms with Gasteiger partial charge in [0, 0.05) is 12.6 Å². The van der Waals surface area contributed by atoms with Gasteiger partial charge in [-0.1, -0.05) is 42.5 Å². The minimum Gasteiger partial charge on any atom is -0.494 e.